The van der Waals surface area contributed by atoms with E-state index in [1.165, 1.54) is 12.1 Å². The van der Waals surface area contributed by atoms with Gasteiger partial charge < -0.3 is 15.2 Å². The average molecular weight is 378 g/mol. The van der Waals surface area contributed by atoms with Gasteiger partial charge in [0, 0.05) is 10.2 Å². The number of carboxylic acids is 1. The zero-order valence-electron chi connectivity index (χ0n) is 12.5. The number of ether oxygens (including phenoxy) is 1. The third kappa shape index (κ3) is 4.56. The van der Waals surface area contributed by atoms with Gasteiger partial charge in [-0.05, 0) is 48.9 Å². The summed E-state index contributed by atoms with van der Waals surface area (Å²) in [6.07, 6.45) is 0.841. The summed E-state index contributed by atoms with van der Waals surface area (Å²) in [4.78, 5) is 23.3. The second-order valence-electron chi connectivity index (χ2n) is 4.83. The van der Waals surface area contributed by atoms with Crippen LogP contribution in [0.5, 0.6) is 5.75 Å². The number of hydrogen-bond acceptors (Lipinski definition) is 3. The molecule has 0 bridgehead atoms. The van der Waals surface area contributed by atoms with Crippen LogP contribution in [0.3, 0.4) is 0 Å². The van der Waals surface area contributed by atoms with Gasteiger partial charge in [-0.15, -0.1) is 0 Å². The molecule has 120 valence electrons. The number of nitrogens with one attached hydrogen (secondary N) is 1. The normalized spacial score (nSPS) is 10.2. The van der Waals surface area contributed by atoms with Crippen molar-refractivity contribution >= 4 is 33.5 Å². The van der Waals surface area contributed by atoms with Gasteiger partial charge in [0.1, 0.15) is 5.75 Å². The highest BCUT2D eigenvalue weighted by molar-refractivity contribution is 9.10. The number of hydrogen-bond donors (Lipinski definition) is 2. The van der Waals surface area contributed by atoms with E-state index in [0.717, 1.165) is 10.9 Å². The Bertz CT molecular complexity index is 713. The van der Waals surface area contributed by atoms with E-state index in [9.17, 15) is 9.59 Å². The summed E-state index contributed by atoms with van der Waals surface area (Å²) in [7, 11) is 0. The number of carbonyl (C=O) groups excluding carboxylic acids is 1. The number of aromatic carboxylic acids is 1. The Kier molecular flexibility index (Phi) is 5.76. The molecule has 0 fully saturated rings. The standard InChI is InChI=1S/C17H16BrNO4/c1-2-9-23-15-8-5-12(18)10-14(15)16(20)19-13-6-3-11(4-7-13)17(21)22/h3-8,10H,2,9H2,1H3,(H,19,20)(H,21,22). The molecule has 0 aliphatic heterocycles. The molecule has 0 saturated heterocycles. The molecule has 2 N–H and O–H groups in total. The Labute approximate surface area is 142 Å². The summed E-state index contributed by atoms with van der Waals surface area (Å²) in [5.74, 6) is -0.819. The predicted octanol–water partition coefficient (Wildman–Crippen LogP) is 4.19. The van der Waals surface area contributed by atoms with E-state index in [1.807, 2.05) is 13.0 Å². The Balaban J connectivity index is 2.19. The zero-order valence-corrected chi connectivity index (χ0v) is 14.1. The molecule has 0 aliphatic carbocycles. The molecular formula is C17H16BrNO4. The van der Waals surface area contributed by atoms with Crippen molar-refractivity contribution in [3.05, 3.63) is 58.1 Å². The van der Waals surface area contributed by atoms with Gasteiger partial charge in [0.15, 0.2) is 0 Å². The van der Waals surface area contributed by atoms with E-state index in [1.54, 1.807) is 24.3 Å². The van der Waals surface area contributed by atoms with Gasteiger partial charge in [-0.2, -0.15) is 0 Å². The molecule has 0 aliphatic rings. The maximum absolute atomic E-state index is 12.4. The summed E-state index contributed by atoms with van der Waals surface area (Å²) in [6, 6.07) is 11.2. The summed E-state index contributed by atoms with van der Waals surface area (Å²) >= 11 is 3.34. The number of rotatable bonds is 6. The fourth-order valence-electron chi connectivity index (χ4n) is 1.91. The molecule has 2 aromatic rings. The highest BCUT2D eigenvalue weighted by Gasteiger charge is 2.14. The highest BCUT2D eigenvalue weighted by Crippen LogP contribution is 2.24. The smallest absolute Gasteiger partial charge is 0.335 e. The number of benzene rings is 2. The van der Waals surface area contributed by atoms with Crippen LogP contribution in [0.4, 0.5) is 5.69 Å². The molecule has 2 aromatic carbocycles. The number of anilines is 1. The minimum Gasteiger partial charge on any atom is -0.493 e. The van der Waals surface area contributed by atoms with E-state index < -0.39 is 5.97 Å². The van der Waals surface area contributed by atoms with Crippen LogP contribution in [0.1, 0.15) is 34.1 Å². The fraction of sp³-hybridized carbons (Fsp3) is 0.176. The number of carbonyl (C=O) groups is 2. The van der Waals surface area contributed by atoms with Crippen molar-refractivity contribution in [3.8, 4) is 5.75 Å². The lowest BCUT2D eigenvalue weighted by molar-refractivity contribution is 0.0696. The van der Waals surface area contributed by atoms with Gasteiger partial charge in [-0.1, -0.05) is 22.9 Å². The monoisotopic (exact) mass is 377 g/mol. The zero-order chi connectivity index (χ0) is 16.8. The summed E-state index contributed by atoms with van der Waals surface area (Å²) in [5, 5.41) is 11.6. The molecule has 0 heterocycles. The van der Waals surface area contributed by atoms with E-state index >= 15 is 0 Å². The molecule has 6 heteroatoms. The van der Waals surface area contributed by atoms with Gasteiger partial charge in [-0.3, -0.25) is 4.79 Å². The predicted molar refractivity (Wildman–Crippen MR) is 91.3 cm³/mol. The van der Waals surface area contributed by atoms with Crippen LogP contribution in [0.2, 0.25) is 0 Å². The lowest BCUT2D eigenvalue weighted by atomic mass is 10.1. The van der Waals surface area contributed by atoms with Crippen molar-refractivity contribution in [2.45, 2.75) is 13.3 Å². The third-order valence-electron chi connectivity index (χ3n) is 3.04. The maximum atomic E-state index is 12.4. The molecule has 0 spiro atoms. The Hall–Kier alpha value is -2.34. The molecular weight excluding hydrogens is 362 g/mol. The van der Waals surface area contributed by atoms with Crippen LogP contribution in [-0.2, 0) is 0 Å². The Morgan fingerprint density at radius 3 is 2.48 bits per heavy atom. The van der Waals surface area contributed by atoms with Crippen LogP contribution in [0.15, 0.2) is 46.9 Å². The van der Waals surface area contributed by atoms with Gasteiger partial charge in [-0.25, -0.2) is 4.79 Å². The van der Waals surface area contributed by atoms with Crippen LogP contribution < -0.4 is 10.1 Å². The lowest BCUT2D eigenvalue weighted by Gasteiger charge is -2.12. The molecule has 5 nitrogen and oxygen atoms in total. The molecule has 0 saturated carbocycles. The quantitative estimate of drug-likeness (QED) is 0.791. The van der Waals surface area contributed by atoms with Crippen LogP contribution in [0, 0.1) is 0 Å². The summed E-state index contributed by atoms with van der Waals surface area (Å²) in [6.45, 7) is 2.51. The fourth-order valence-corrected chi connectivity index (χ4v) is 2.27. The van der Waals surface area contributed by atoms with Gasteiger partial charge in [0.25, 0.3) is 5.91 Å². The minimum absolute atomic E-state index is 0.164. The second kappa shape index (κ2) is 7.78. The molecule has 1 amide bonds. The first kappa shape index (κ1) is 17.0. The largest absolute Gasteiger partial charge is 0.493 e. The van der Waals surface area contributed by atoms with Crippen molar-refractivity contribution in [1.29, 1.82) is 0 Å². The first-order valence-corrected chi connectivity index (χ1v) is 7.87. The second-order valence-corrected chi connectivity index (χ2v) is 5.74. The Morgan fingerprint density at radius 1 is 1.17 bits per heavy atom. The third-order valence-corrected chi connectivity index (χ3v) is 3.53. The first-order valence-electron chi connectivity index (χ1n) is 7.08. The lowest BCUT2D eigenvalue weighted by Crippen LogP contribution is -2.14. The van der Waals surface area contributed by atoms with Crippen molar-refractivity contribution in [2.75, 3.05) is 11.9 Å². The average Bonchev–Trinajstić information content (AvgIpc) is 2.54. The van der Waals surface area contributed by atoms with E-state index in [-0.39, 0.29) is 11.5 Å². The van der Waals surface area contributed by atoms with Crippen molar-refractivity contribution in [1.82, 2.24) is 0 Å². The number of amides is 1. The SMILES string of the molecule is CCCOc1ccc(Br)cc1C(=O)Nc1ccc(C(=O)O)cc1. The van der Waals surface area contributed by atoms with Crippen molar-refractivity contribution in [2.24, 2.45) is 0 Å². The van der Waals surface area contributed by atoms with Crippen LogP contribution >= 0.6 is 15.9 Å². The van der Waals surface area contributed by atoms with Gasteiger partial charge >= 0.3 is 5.97 Å². The van der Waals surface area contributed by atoms with E-state index in [2.05, 4.69) is 21.2 Å². The summed E-state index contributed by atoms with van der Waals surface area (Å²) in [5.41, 5.74) is 1.09. The molecule has 2 rings (SSSR count). The van der Waals surface area contributed by atoms with Crippen LogP contribution in [0.25, 0.3) is 0 Å². The first-order chi connectivity index (χ1) is 11.0. The topological polar surface area (TPSA) is 75.6 Å². The van der Waals surface area contributed by atoms with Gasteiger partial charge in [0.05, 0.1) is 17.7 Å². The van der Waals surface area contributed by atoms with Crippen molar-refractivity contribution < 1.29 is 19.4 Å². The highest BCUT2D eigenvalue weighted by atomic mass is 79.9. The number of halogens is 1. The number of carboxylic acid groups (broad SMARTS) is 1. The van der Waals surface area contributed by atoms with Crippen molar-refractivity contribution in [3.63, 3.8) is 0 Å². The molecule has 0 atom stereocenters. The summed E-state index contributed by atoms with van der Waals surface area (Å²) < 4.78 is 6.36. The molecule has 0 unspecified atom stereocenters. The molecule has 23 heavy (non-hydrogen) atoms. The molecule has 0 aromatic heterocycles. The minimum atomic E-state index is -1.01. The van der Waals surface area contributed by atoms with Gasteiger partial charge in [0.2, 0.25) is 0 Å². The van der Waals surface area contributed by atoms with E-state index in [4.69, 9.17) is 9.84 Å². The van der Waals surface area contributed by atoms with Crippen LogP contribution in [-0.4, -0.2) is 23.6 Å². The maximum Gasteiger partial charge on any atom is 0.335 e. The molecule has 0 radical (unpaired) electrons. The van der Waals surface area contributed by atoms with E-state index in [0.29, 0.717) is 23.6 Å². The Morgan fingerprint density at radius 2 is 1.87 bits per heavy atom.